The molecule has 0 bridgehead atoms. The molecule has 2 nitrogen and oxygen atoms in total. The van der Waals surface area contributed by atoms with Gasteiger partial charge in [0, 0.05) is 5.39 Å². The lowest BCUT2D eigenvalue weighted by molar-refractivity contribution is 0.192. The third-order valence-corrected chi connectivity index (χ3v) is 3.09. The highest BCUT2D eigenvalue weighted by Gasteiger charge is 2.16. The van der Waals surface area contributed by atoms with Crippen molar-refractivity contribution >= 4 is 11.0 Å². The van der Waals surface area contributed by atoms with Gasteiger partial charge in [-0.2, -0.15) is 0 Å². The fourth-order valence-corrected chi connectivity index (χ4v) is 2.22. The minimum atomic E-state index is -0.957. The number of fused-ring (bicyclic) bond motifs is 1. The average molecular weight is 256 g/mol. The van der Waals surface area contributed by atoms with Gasteiger partial charge in [0.15, 0.2) is 0 Å². The Kier molecular flexibility index (Phi) is 2.84. The summed E-state index contributed by atoms with van der Waals surface area (Å²) >= 11 is 0. The maximum absolute atomic E-state index is 13.4. The monoisotopic (exact) mass is 256 g/mol. The van der Waals surface area contributed by atoms with Gasteiger partial charge in [0.05, 0.1) is 0 Å². The van der Waals surface area contributed by atoms with Crippen LogP contribution >= 0.6 is 0 Å². The number of benzene rings is 2. The second kappa shape index (κ2) is 4.52. The molecular weight excluding hydrogens is 243 g/mol. The van der Waals surface area contributed by atoms with Gasteiger partial charge in [-0.15, -0.1) is 0 Å². The van der Waals surface area contributed by atoms with E-state index < -0.39 is 6.10 Å². The van der Waals surface area contributed by atoms with E-state index in [4.69, 9.17) is 4.42 Å². The van der Waals surface area contributed by atoms with Crippen molar-refractivity contribution in [3.63, 3.8) is 0 Å². The normalized spacial score (nSPS) is 12.8. The van der Waals surface area contributed by atoms with E-state index in [0.29, 0.717) is 16.9 Å². The Labute approximate surface area is 110 Å². The Morgan fingerprint density at radius 3 is 2.63 bits per heavy atom. The van der Waals surface area contributed by atoms with Gasteiger partial charge in [-0.25, -0.2) is 4.39 Å². The molecule has 0 fully saturated rings. The first kappa shape index (κ1) is 11.9. The Hall–Kier alpha value is -2.13. The van der Waals surface area contributed by atoms with Gasteiger partial charge in [-0.05, 0) is 42.3 Å². The predicted molar refractivity (Wildman–Crippen MR) is 71.4 cm³/mol. The van der Waals surface area contributed by atoms with E-state index >= 15 is 0 Å². The highest BCUT2D eigenvalue weighted by atomic mass is 19.1. The molecule has 1 heterocycles. The summed E-state index contributed by atoms with van der Waals surface area (Å²) in [6.07, 6.45) is -0.957. The van der Waals surface area contributed by atoms with Crippen LogP contribution in [0.25, 0.3) is 11.0 Å². The van der Waals surface area contributed by atoms with Gasteiger partial charge >= 0.3 is 0 Å². The second-order valence-corrected chi connectivity index (χ2v) is 4.65. The molecule has 0 radical (unpaired) electrons. The standard InChI is InChI=1S/C16H13FO2/c1-10-6-12(8-13(17)7-10)16(18)15-9-11-4-2-3-5-14(11)19-15/h2-9,16,18H,1H3. The lowest BCUT2D eigenvalue weighted by Crippen LogP contribution is -1.99. The highest BCUT2D eigenvalue weighted by molar-refractivity contribution is 5.77. The largest absolute Gasteiger partial charge is 0.458 e. The lowest BCUT2D eigenvalue weighted by Gasteiger charge is -2.09. The molecule has 3 heteroatoms. The fourth-order valence-electron chi connectivity index (χ4n) is 2.22. The lowest BCUT2D eigenvalue weighted by atomic mass is 10.0. The van der Waals surface area contributed by atoms with Crippen LogP contribution in [0.3, 0.4) is 0 Å². The number of halogens is 1. The maximum Gasteiger partial charge on any atom is 0.138 e. The van der Waals surface area contributed by atoms with Crippen LogP contribution in [-0.4, -0.2) is 5.11 Å². The SMILES string of the molecule is Cc1cc(F)cc(C(O)c2cc3ccccc3o2)c1. The van der Waals surface area contributed by atoms with Crippen LogP contribution in [0.15, 0.2) is 52.9 Å². The van der Waals surface area contributed by atoms with Crippen LogP contribution in [0.1, 0.15) is 23.0 Å². The predicted octanol–water partition coefficient (Wildman–Crippen LogP) is 3.96. The first-order valence-corrected chi connectivity index (χ1v) is 6.07. The smallest absolute Gasteiger partial charge is 0.138 e. The van der Waals surface area contributed by atoms with E-state index in [1.54, 1.807) is 19.1 Å². The van der Waals surface area contributed by atoms with E-state index in [0.717, 1.165) is 10.9 Å². The van der Waals surface area contributed by atoms with Crippen molar-refractivity contribution < 1.29 is 13.9 Å². The van der Waals surface area contributed by atoms with Gasteiger partial charge in [0.25, 0.3) is 0 Å². The Morgan fingerprint density at radius 2 is 1.89 bits per heavy atom. The van der Waals surface area contributed by atoms with Crippen molar-refractivity contribution in [2.45, 2.75) is 13.0 Å². The van der Waals surface area contributed by atoms with Crippen LogP contribution in [0.4, 0.5) is 4.39 Å². The van der Waals surface area contributed by atoms with E-state index in [1.165, 1.54) is 12.1 Å². The van der Waals surface area contributed by atoms with Gasteiger partial charge in [-0.3, -0.25) is 0 Å². The summed E-state index contributed by atoms with van der Waals surface area (Å²) in [6.45, 7) is 1.79. The first-order valence-electron chi connectivity index (χ1n) is 6.07. The van der Waals surface area contributed by atoms with Crippen molar-refractivity contribution in [3.05, 3.63) is 71.2 Å². The molecule has 1 atom stereocenters. The van der Waals surface area contributed by atoms with Gasteiger partial charge in [0.2, 0.25) is 0 Å². The summed E-state index contributed by atoms with van der Waals surface area (Å²) in [4.78, 5) is 0. The zero-order valence-electron chi connectivity index (χ0n) is 10.4. The summed E-state index contributed by atoms with van der Waals surface area (Å²) < 4.78 is 19.0. The molecular formula is C16H13FO2. The van der Waals surface area contributed by atoms with Crippen molar-refractivity contribution in [1.29, 1.82) is 0 Å². The summed E-state index contributed by atoms with van der Waals surface area (Å²) in [5.41, 5.74) is 1.98. The van der Waals surface area contributed by atoms with Gasteiger partial charge < -0.3 is 9.52 Å². The Balaban J connectivity index is 2.05. The molecule has 19 heavy (non-hydrogen) atoms. The molecule has 0 aliphatic heterocycles. The second-order valence-electron chi connectivity index (χ2n) is 4.65. The number of hydrogen-bond donors (Lipinski definition) is 1. The minimum absolute atomic E-state index is 0.356. The molecule has 3 aromatic rings. The van der Waals surface area contributed by atoms with Crippen LogP contribution in [0.5, 0.6) is 0 Å². The molecule has 2 aromatic carbocycles. The highest BCUT2D eigenvalue weighted by Crippen LogP contribution is 2.28. The molecule has 0 spiro atoms. The molecule has 96 valence electrons. The molecule has 1 unspecified atom stereocenters. The third-order valence-electron chi connectivity index (χ3n) is 3.09. The average Bonchev–Trinajstić information content (AvgIpc) is 2.80. The molecule has 0 aliphatic carbocycles. The molecule has 0 amide bonds. The number of furan rings is 1. The van der Waals surface area contributed by atoms with E-state index in [-0.39, 0.29) is 5.82 Å². The molecule has 0 saturated heterocycles. The van der Waals surface area contributed by atoms with Gasteiger partial charge in [0.1, 0.15) is 23.3 Å². The van der Waals surface area contributed by atoms with Crippen molar-refractivity contribution in [1.82, 2.24) is 0 Å². The summed E-state index contributed by atoms with van der Waals surface area (Å²) in [5.74, 6) is 0.0661. The molecule has 0 aliphatic rings. The molecule has 0 saturated carbocycles. The number of rotatable bonds is 2. The number of hydrogen-bond acceptors (Lipinski definition) is 2. The van der Waals surface area contributed by atoms with Gasteiger partial charge in [-0.1, -0.05) is 24.3 Å². The Morgan fingerprint density at radius 1 is 1.11 bits per heavy atom. The van der Waals surface area contributed by atoms with Crippen molar-refractivity contribution in [2.24, 2.45) is 0 Å². The van der Waals surface area contributed by atoms with E-state index in [1.807, 2.05) is 24.3 Å². The molecule has 3 rings (SSSR count). The number of aryl methyl sites for hydroxylation is 1. The topological polar surface area (TPSA) is 33.4 Å². The van der Waals surface area contributed by atoms with Crippen LogP contribution in [-0.2, 0) is 0 Å². The summed E-state index contributed by atoms with van der Waals surface area (Å²) in [6, 6.07) is 13.8. The first-order chi connectivity index (χ1) is 9.13. The number of para-hydroxylation sites is 1. The summed E-state index contributed by atoms with van der Waals surface area (Å²) in [7, 11) is 0. The molecule has 1 aromatic heterocycles. The minimum Gasteiger partial charge on any atom is -0.458 e. The van der Waals surface area contributed by atoms with Crippen molar-refractivity contribution in [2.75, 3.05) is 0 Å². The van der Waals surface area contributed by atoms with Crippen molar-refractivity contribution in [3.8, 4) is 0 Å². The number of aliphatic hydroxyl groups is 1. The maximum atomic E-state index is 13.4. The number of aliphatic hydroxyl groups excluding tert-OH is 1. The van der Waals surface area contributed by atoms with E-state index in [2.05, 4.69) is 0 Å². The Bertz CT molecular complexity index is 677. The fraction of sp³-hybridized carbons (Fsp3) is 0.125. The van der Waals surface area contributed by atoms with E-state index in [9.17, 15) is 9.50 Å². The van der Waals surface area contributed by atoms with Crippen LogP contribution in [0.2, 0.25) is 0 Å². The quantitative estimate of drug-likeness (QED) is 0.752. The zero-order valence-corrected chi connectivity index (χ0v) is 10.4. The van der Waals surface area contributed by atoms with Crippen LogP contribution in [0, 0.1) is 12.7 Å². The summed E-state index contributed by atoms with van der Waals surface area (Å²) in [5, 5.41) is 11.2. The zero-order chi connectivity index (χ0) is 13.4. The third kappa shape index (κ3) is 2.25. The molecule has 1 N–H and O–H groups in total. The van der Waals surface area contributed by atoms with Crippen LogP contribution < -0.4 is 0 Å².